The summed E-state index contributed by atoms with van der Waals surface area (Å²) in [6.07, 6.45) is 10.2. The summed E-state index contributed by atoms with van der Waals surface area (Å²) in [5, 5.41) is -0.0672. The van der Waals surface area contributed by atoms with Crippen molar-refractivity contribution in [2.45, 2.75) is 136 Å². The Labute approximate surface area is 315 Å². The molecule has 1 fully saturated rings. The van der Waals surface area contributed by atoms with Gasteiger partial charge in [-0.1, -0.05) is 65.0 Å². The van der Waals surface area contributed by atoms with Crippen LogP contribution in [0.25, 0.3) is 0 Å². The van der Waals surface area contributed by atoms with E-state index in [0.29, 0.717) is 32.5 Å². The minimum absolute atomic E-state index is 0.0672. The van der Waals surface area contributed by atoms with Gasteiger partial charge in [0.15, 0.2) is 20.7 Å². The van der Waals surface area contributed by atoms with Crippen molar-refractivity contribution in [1.82, 2.24) is 14.8 Å². The van der Waals surface area contributed by atoms with E-state index in [1.54, 1.807) is 11.1 Å². The topological polar surface area (TPSA) is 99.7 Å². The Balaban J connectivity index is 2.05. The van der Waals surface area contributed by atoms with Gasteiger partial charge in [0.1, 0.15) is 11.7 Å². The van der Waals surface area contributed by atoms with Crippen molar-refractivity contribution in [2.75, 3.05) is 39.8 Å². The number of aromatic nitrogens is 1. The maximum Gasteiger partial charge on any atom is 0.410 e. The van der Waals surface area contributed by atoms with Crippen LogP contribution in [0.2, 0.25) is 18.1 Å². The molecular weight excluding hydrogens is 675 g/mol. The van der Waals surface area contributed by atoms with E-state index in [1.807, 2.05) is 77.1 Å². The third-order valence-electron chi connectivity index (χ3n) is 10.7. The number of carbonyl (C=O) groups excluding carboxylic acids is 2. The fourth-order valence-corrected chi connectivity index (χ4v) is 7.67. The summed E-state index contributed by atoms with van der Waals surface area (Å²) in [4.78, 5) is 36.0. The molecule has 0 bridgehead atoms. The first kappa shape index (κ1) is 43.6. The molecule has 3 rings (SSSR count). The number of amides is 1. The number of likely N-dealkylation sites (N-methyl/N-ethyl adjacent to an activating group) is 1. The highest BCUT2D eigenvalue weighted by molar-refractivity contribution is 6.74. The standard InChI is InChI=1S/C41H67N3O7Si/c1-13-47-33(5)50-41(9)23-22-34(51-52(11,12)40(6,7)8)29-37(45)49-38(31(3)18-16-17-30(2)35-19-14-15-24-42-35)32(4)20-21-36(41)48-39(46)44-27-25-43(10)26-28-44/h14-21,24,30,32-34,36,38H,13,22-23,25-29H2,1-12H3/b17-16+,21-20+,31-18+/t30-,32+,33?,34-,36+,38-,41-/m1/s1. The lowest BCUT2D eigenvalue weighted by Crippen LogP contribution is -2.52. The van der Waals surface area contributed by atoms with Crippen molar-refractivity contribution in [3.05, 3.63) is 66.0 Å². The van der Waals surface area contributed by atoms with Gasteiger partial charge in [-0.25, -0.2) is 4.79 Å². The van der Waals surface area contributed by atoms with Gasteiger partial charge in [-0.15, -0.1) is 0 Å². The Kier molecular flexibility index (Phi) is 16.3. The van der Waals surface area contributed by atoms with E-state index in [1.165, 1.54) is 0 Å². The quantitative estimate of drug-likeness (QED) is 0.0730. The number of cyclic esters (lactones) is 1. The lowest BCUT2D eigenvalue weighted by Gasteiger charge is -2.42. The van der Waals surface area contributed by atoms with Crippen molar-refractivity contribution in [1.29, 1.82) is 0 Å². The smallest absolute Gasteiger partial charge is 0.410 e. The number of pyridine rings is 1. The first-order valence-corrected chi connectivity index (χ1v) is 22.0. The Hall–Kier alpha value is -2.83. The number of ether oxygens (including phenoxy) is 4. The maximum atomic E-state index is 13.8. The number of hydrogen-bond donors (Lipinski definition) is 0. The van der Waals surface area contributed by atoms with Crippen LogP contribution in [0.15, 0.2) is 60.3 Å². The molecule has 1 aromatic rings. The molecule has 1 saturated heterocycles. The maximum absolute atomic E-state index is 13.8. The molecule has 0 N–H and O–H groups in total. The van der Waals surface area contributed by atoms with Crippen molar-refractivity contribution >= 4 is 20.4 Å². The second kappa shape index (κ2) is 19.5. The number of carbonyl (C=O) groups is 2. The molecule has 292 valence electrons. The Morgan fingerprint density at radius 2 is 1.85 bits per heavy atom. The second-order valence-electron chi connectivity index (χ2n) is 16.3. The molecule has 2 aliphatic heterocycles. The van der Waals surface area contributed by atoms with Crippen LogP contribution < -0.4 is 0 Å². The number of piperazine rings is 1. The zero-order chi connectivity index (χ0) is 38.7. The van der Waals surface area contributed by atoms with E-state index >= 15 is 0 Å². The van der Waals surface area contributed by atoms with Crippen molar-refractivity contribution in [2.24, 2.45) is 5.92 Å². The van der Waals surface area contributed by atoms with Crippen LogP contribution in [0.5, 0.6) is 0 Å². The number of allylic oxidation sites excluding steroid dienone is 3. The third-order valence-corrected chi connectivity index (χ3v) is 15.3. The third kappa shape index (κ3) is 12.9. The normalized spacial score (nSPS) is 28.0. The SMILES string of the molecule is CCOC(C)O[C@]1(C)CC[C@@H](O[Si](C)(C)C(C)(C)C)CC(=O)O[C@H](/C(C)=C/C=C/[C@@H](C)c2ccccn2)[C@@H](C)/C=C/[C@@H]1OC(=O)N1CCN(C)CC1. The molecule has 0 aromatic carbocycles. The van der Waals surface area contributed by atoms with E-state index in [-0.39, 0.29) is 35.4 Å². The summed E-state index contributed by atoms with van der Waals surface area (Å²) in [7, 11) is -0.238. The summed E-state index contributed by atoms with van der Waals surface area (Å²) in [6, 6.07) is 5.90. The summed E-state index contributed by atoms with van der Waals surface area (Å²) >= 11 is 0. The molecule has 52 heavy (non-hydrogen) atoms. The molecule has 0 saturated carbocycles. The van der Waals surface area contributed by atoms with Gasteiger partial charge in [0.2, 0.25) is 0 Å². The zero-order valence-corrected chi connectivity index (χ0v) is 35.0. The Bertz CT molecular complexity index is 1370. The molecule has 0 radical (unpaired) electrons. The van der Waals surface area contributed by atoms with Gasteiger partial charge in [0.05, 0.1) is 12.5 Å². The highest BCUT2D eigenvalue weighted by Gasteiger charge is 2.44. The molecule has 1 aromatic heterocycles. The summed E-state index contributed by atoms with van der Waals surface area (Å²) in [6.45, 7) is 26.0. The lowest BCUT2D eigenvalue weighted by molar-refractivity contribution is -0.222. The fraction of sp³-hybridized carbons (Fsp3) is 0.683. The zero-order valence-electron chi connectivity index (χ0n) is 34.0. The van der Waals surface area contributed by atoms with Crippen molar-refractivity contribution in [3.8, 4) is 0 Å². The monoisotopic (exact) mass is 741 g/mol. The molecule has 7 atom stereocenters. The average Bonchev–Trinajstić information content (AvgIpc) is 3.07. The molecule has 0 aliphatic carbocycles. The van der Waals surface area contributed by atoms with E-state index < -0.39 is 38.5 Å². The molecule has 0 spiro atoms. The molecule has 10 nitrogen and oxygen atoms in total. The van der Waals surface area contributed by atoms with Gasteiger partial charge in [-0.05, 0) is 89.5 Å². The van der Waals surface area contributed by atoms with Gasteiger partial charge in [-0.2, -0.15) is 0 Å². The van der Waals surface area contributed by atoms with E-state index in [2.05, 4.69) is 63.8 Å². The molecule has 2 aliphatic rings. The van der Waals surface area contributed by atoms with Gasteiger partial charge in [0, 0.05) is 56.5 Å². The molecule has 1 amide bonds. The van der Waals surface area contributed by atoms with Crippen LogP contribution in [0.4, 0.5) is 4.79 Å². The predicted molar refractivity (Wildman–Crippen MR) is 210 cm³/mol. The van der Waals surface area contributed by atoms with Gasteiger partial charge < -0.3 is 33.2 Å². The van der Waals surface area contributed by atoms with Crippen molar-refractivity contribution < 1.29 is 33.0 Å². The number of esters is 1. The van der Waals surface area contributed by atoms with Gasteiger partial charge in [0.25, 0.3) is 0 Å². The first-order chi connectivity index (χ1) is 24.3. The van der Waals surface area contributed by atoms with Crippen LogP contribution >= 0.6 is 0 Å². The van der Waals surface area contributed by atoms with E-state index in [4.69, 9.17) is 23.4 Å². The number of hydrogen-bond acceptors (Lipinski definition) is 9. The summed E-state index contributed by atoms with van der Waals surface area (Å²) < 4.78 is 32.1. The highest BCUT2D eigenvalue weighted by atomic mass is 28.4. The molecular formula is C41H67N3O7Si. The van der Waals surface area contributed by atoms with Crippen LogP contribution in [0.3, 0.4) is 0 Å². The Morgan fingerprint density at radius 1 is 1.15 bits per heavy atom. The lowest BCUT2D eigenvalue weighted by atomic mass is 9.88. The highest BCUT2D eigenvalue weighted by Crippen LogP contribution is 2.39. The fourth-order valence-electron chi connectivity index (χ4n) is 6.28. The van der Waals surface area contributed by atoms with Crippen LogP contribution in [0, 0.1) is 5.92 Å². The summed E-state index contributed by atoms with van der Waals surface area (Å²) in [5.41, 5.74) is 0.881. The van der Waals surface area contributed by atoms with E-state index in [0.717, 1.165) is 24.4 Å². The molecule has 3 heterocycles. The van der Waals surface area contributed by atoms with Gasteiger partial charge in [-0.3, -0.25) is 9.78 Å². The minimum Gasteiger partial charge on any atom is -0.457 e. The van der Waals surface area contributed by atoms with Crippen molar-refractivity contribution in [3.63, 3.8) is 0 Å². The van der Waals surface area contributed by atoms with Crippen LogP contribution in [0.1, 0.15) is 93.2 Å². The first-order valence-electron chi connectivity index (χ1n) is 19.1. The average molecular weight is 742 g/mol. The van der Waals surface area contributed by atoms with E-state index in [9.17, 15) is 9.59 Å². The van der Waals surface area contributed by atoms with Crippen LogP contribution in [-0.4, -0.2) is 105 Å². The number of nitrogens with zero attached hydrogens (tertiary/aromatic N) is 3. The molecule has 11 heteroatoms. The second-order valence-corrected chi connectivity index (χ2v) is 21.0. The minimum atomic E-state index is -2.29. The predicted octanol–water partition coefficient (Wildman–Crippen LogP) is 8.28. The van der Waals surface area contributed by atoms with Crippen LogP contribution in [-0.2, 0) is 28.2 Å². The number of rotatable bonds is 11. The summed E-state index contributed by atoms with van der Waals surface area (Å²) in [5.74, 6) is -0.446. The van der Waals surface area contributed by atoms with Gasteiger partial charge >= 0.3 is 12.1 Å². The Morgan fingerprint density at radius 3 is 2.46 bits per heavy atom. The largest absolute Gasteiger partial charge is 0.457 e. The molecule has 1 unspecified atom stereocenters.